The van der Waals surface area contributed by atoms with Crippen molar-refractivity contribution in [2.45, 2.75) is 117 Å². The molecule has 1 amide bonds. The maximum absolute atomic E-state index is 11.7. The zero-order valence-corrected chi connectivity index (χ0v) is 18.0. The standard InChI is InChI=1S/C23H47NO2/c1-4-5-17-21(19-25)22(23(24)26)18-15-13-11-9-7-6-8-10-12-14-16-20(2)3/h20-22,25H,4-19H2,1-3H3,(H2,24,26). The van der Waals surface area contributed by atoms with Gasteiger partial charge in [0.25, 0.3) is 0 Å². The van der Waals surface area contributed by atoms with Gasteiger partial charge in [-0.15, -0.1) is 0 Å². The van der Waals surface area contributed by atoms with Crippen molar-refractivity contribution >= 4 is 5.91 Å². The molecule has 0 spiro atoms. The average Bonchev–Trinajstić information content (AvgIpc) is 2.60. The van der Waals surface area contributed by atoms with E-state index in [0.717, 1.165) is 38.0 Å². The highest BCUT2D eigenvalue weighted by molar-refractivity contribution is 5.76. The van der Waals surface area contributed by atoms with Gasteiger partial charge in [0.15, 0.2) is 0 Å². The molecule has 0 aromatic carbocycles. The van der Waals surface area contributed by atoms with Crippen LogP contribution in [0.2, 0.25) is 0 Å². The first-order valence-electron chi connectivity index (χ1n) is 11.4. The van der Waals surface area contributed by atoms with E-state index in [2.05, 4.69) is 20.8 Å². The van der Waals surface area contributed by atoms with E-state index in [0.29, 0.717) is 0 Å². The number of nitrogens with two attached hydrogens (primary N) is 1. The van der Waals surface area contributed by atoms with E-state index in [1.165, 1.54) is 64.2 Å². The van der Waals surface area contributed by atoms with Crippen molar-refractivity contribution in [2.75, 3.05) is 6.61 Å². The molecule has 3 heteroatoms. The van der Waals surface area contributed by atoms with Crippen molar-refractivity contribution in [1.29, 1.82) is 0 Å². The van der Waals surface area contributed by atoms with Crippen LogP contribution in [0, 0.1) is 17.8 Å². The Morgan fingerprint density at radius 3 is 1.62 bits per heavy atom. The second-order valence-electron chi connectivity index (χ2n) is 8.60. The number of aliphatic hydroxyl groups excluding tert-OH is 1. The molecule has 3 N–H and O–H groups in total. The summed E-state index contributed by atoms with van der Waals surface area (Å²) >= 11 is 0. The number of hydrogen-bond donors (Lipinski definition) is 2. The van der Waals surface area contributed by atoms with Crippen molar-refractivity contribution in [3.8, 4) is 0 Å². The molecule has 0 rings (SSSR count). The first-order valence-corrected chi connectivity index (χ1v) is 11.4. The highest BCUT2D eigenvalue weighted by atomic mass is 16.3. The minimum Gasteiger partial charge on any atom is -0.396 e. The fourth-order valence-corrected chi connectivity index (χ4v) is 3.83. The fraction of sp³-hybridized carbons (Fsp3) is 0.957. The van der Waals surface area contributed by atoms with Gasteiger partial charge in [-0.3, -0.25) is 4.79 Å². The topological polar surface area (TPSA) is 63.3 Å². The van der Waals surface area contributed by atoms with Gasteiger partial charge in [-0.1, -0.05) is 104 Å². The predicted molar refractivity (Wildman–Crippen MR) is 113 cm³/mol. The normalized spacial score (nSPS) is 13.9. The first kappa shape index (κ1) is 25.4. The Labute approximate surface area is 163 Å². The summed E-state index contributed by atoms with van der Waals surface area (Å²) in [5, 5.41) is 9.57. The van der Waals surface area contributed by atoms with Gasteiger partial charge >= 0.3 is 0 Å². The maximum atomic E-state index is 11.7. The molecule has 0 saturated heterocycles. The zero-order chi connectivity index (χ0) is 19.6. The van der Waals surface area contributed by atoms with Crippen LogP contribution in [-0.4, -0.2) is 17.6 Å². The highest BCUT2D eigenvalue weighted by Crippen LogP contribution is 2.24. The van der Waals surface area contributed by atoms with E-state index in [1.807, 2.05) is 0 Å². The van der Waals surface area contributed by atoms with Crippen LogP contribution in [-0.2, 0) is 4.79 Å². The molecule has 0 aliphatic heterocycles. The summed E-state index contributed by atoms with van der Waals surface area (Å²) in [5.41, 5.74) is 5.58. The highest BCUT2D eigenvalue weighted by Gasteiger charge is 2.24. The minimum absolute atomic E-state index is 0.0585. The molecule has 3 nitrogen and oxygen atoms in total. The lowest BCUT2D eigenvalue weighted by Gasteiger charge is -2.22. The van der Waals surface area contributed by atoms with Crippen molar-refractivity contribution in [2.24, 2.45) is 23.5 Å². The van der Waals surface area contributed by atoms with Crippen LogP contribution in [0.1, 0.15) is 117 Å². The van der Waals surface area contributed by atoms with Gasteiger partial charge in [0, 0.05) is 12.5 Å². The van der Waals surface area contributed by atoms with Crippen LogP contribution >= 0.6 is 0 Å². The van der Waals surface area contributed by atoms with Crippen LogP contribution in [0.25, 0.3) is 0 Å². The van der Waals surface area contributed by atoms with Crippen molar-refractivity contribution < 1.29 is 9.90 Å². The molecule has 0 fully saturated rings. The molecule has 2 unspecified atom stereocenters. The summed E-state index contributed by atoms with van der Waals surface area (Å²) in [6.45, 7) is 6.84. The van der Waals surface area contributed by atoms with E-state index in [1.54, 1.807) is 0 Å². The summed E-state index contributed by atoms with van der Waals surface area (Å²) in [4.78, 5) is 11.7. The monoisotopic (exact) mass is 369 g/mol. The minimum atomic E-state index is -0.224. The lowest BCUT2D eigenvalue weighted by molar-refractivity contribution is -0.124. The Balaban J connectivity index is 3.62. The Morgan fingerprint density at radius 1 is 0.769 bits per heavy atom. The van der Waals surface area contributed by atoms with Crippen LogP contribution in [0.4, 0.5) is 0 Å². The van der Waals surface area contributed by atoms with E-state index < -0.39 is 0 Å². The third kappa shape index (κ3) is 14.6. The van der Waals surface area contributed by atoms with Crippen LogP contribution < -0.4 is 5.73 Å². The summed E-state index contributed by atoms with van der Waals surface area (Å²) in [5.74, 6) is 0.543. The Hall–Kier alpha value is -0.570. The number of carbonyl (C=O) groups excluding carboxylic acids is 1. The van der Waals surface area contributed by atoms with E-state index in [4.69, 9.17) is 5.73 Å². The predicted octanol–water partition coefficient (Wildman–Crippen LogP) is 6.22. The van der Waals surface area contributed by atoms with Gasteiger partial charge in [-0.25, -0.2) is 0 Å². The largest absolute Gasteiger partial charge is 0.396 e. The van der Waals surface area contributed by atoms with Crippen molar-refractivity contribution in [3.63, 3.8) is 0 Å². The molecule has 0 bridgehead atoms. The Morgan fingerprint density at radius 2 is 1.23 bits per heavy atom. The van der Waals surface area contributed by atoms with Gasteiger partial charge in [0.1, 0.15) is 0 Å². The molecule has 26 heavy (non-hydrogen) atoms. The molecule has 156 valence electrons. The van der Waals surface area contributed by atoms with Gasteiger partial charge in [-0.05, 0) is 24.7 Å². The van der Waals surface area contributed by atoms with Crippen molar-refractivity contribution in [3.05, 3.63) is 0 Å². The molecule has 0 radical (unpaired) electrons. The summed E-state index contributed by atoms with van der Waals surface area (Å²) in [6, 6.07) is 0. The van der Waals surface area contributed by atoms with Gasteiger partial charge < -0.3 is 10.8 Å². The first-order chi connectivity index (χ1) is 12.5. The molecular formula is C23H47NO2. The third-order valence-electron chi connectivity index (χ3n) is 5.64. The smallest absolute Gasteiger partial charge is 0.220 e. The lowest BCUT2D eigenvalue weighted by atomic mass is 9.84. The molecule has 0 aromatic rings. The Kier molecular flexibility index (Phi) is 17.4. The quantitative estimate of drug-likeness (QED) is 0.265. The SMILES string of the molecule is CCCCC(CO)C(CCCCCCCCCCCCC(C)C)C(N)=O. The van der Waals surface area contributed by atoms with E-state index >= 15 is 0 Å². The molecule has 0 aromatic heterocycles. The summed E-state index contributed by atoms with van der Waals surface area (Å²) in [7, 11) is 0. The average molecular weight is 370 g/mol. The molecule has 0 saturated carbocycles. The number of aliphatic hydroxyl groups is 1. The van der Waals surface area contributed by atoms with Crippen LogP contribution in [0.3, 0.4) is 0 Å². The van der Waals surface area contributed by atoms with Gasteiger partial charge in [-0.2, -0.15) is 0 Å². The number of rotatable bonds is 19. The van der Waals surface area contributed by atoms with E-state index in [9.17, 15) is 9.90 Å². The molecule has 0 heterocycles. The number of amides is 1. The maximum Gasteiger partial charge on any atom is 0.220 e. The number of hydrogen-bond acceptors (Lipinski definition) is 2. The summed E-state index contributed by atoms with van der Waals surface area (Å²) < 4.78 is 0. The third-order valence-corrected chi connectivity index (χ3v) is 5.64. The molecule has 0 aliphatic rings. The number of unbranched alkanes of at least 4 members (excludes halogenated alkanes) is 10. The fourth-order valence-electron chi connectivity index (χ4n) is 3.83. The van der Waals surface area contributed by atoms with Crippen molar-refractivity contribution in [1.82, 2.24) is 0 Å². The molecule has 2 atom stereocenters. The number of primary amides is 1. The number of carbonyl (C=O) groups is 1. The second-order valence-corrected chi connectivity index (χ2v) is 8.60. The second kappa shape index (κ2) is 17.8. The summed E-state index contributed by atoms with van der Waals surface area (Å²) in [6.07, 6.45) is 18.4. The van der Waals surface area contributed by atoms with Gasteiger partial charge in [0.2, 0.25) is 5.91 Å². The van der Waals surface area contributed by atoms with E-state index in [-0.39, 0.29) is 24.3 Å². The van der Waals surface area contributed by atoms with Crippen LogP contribution in [0.15, 0.2) is 0 Å². The molecule has 0 aliphatic carbocycles. The van der Waals surface area contributed by atoms with Gasteiger partial charge in [0.05, 0.1) is 0 Å². The Bertz CT molecular complexity index is 317. The molecular weight excluding hydrogens is 322 g/mol. The zero-order valence-electron chi connectivity index (χ0n) is 18.0. The lowest BCUT2D eigenvalue weighted by Crippen LogP contribution is -2.32. The van der Waals surface area contributed by atoms with Crippen LogP contribution in [0.5, 0.6) is 0 Å².